The fourth-order valence-electron chi connectivity index (χ4n) is 2.93. The van der Waals surface area contributed by atoms with Crippen molar-refractivity contribution in [3.63, 3.8) is 0 Å². The van der Waals surface area contributed by atoms with Gasteiger partial charge in [0.25, 0.3) is 5.91 Å². The highest BCUT2D eigenvalue weighted by molar-refractivity contribution is 9.10. The number of aliphatic carboxylic acids is 1. The number of halogens is 1. The standard InChI is InChI=1S/C18H16BrNO7S/c19-14-15(25-8-13(21)22)17(18(23)20-3-5-24-6-4-20)28-16(14)10-1-2-11-12(7-10)27-9-26-11/h1-2,7H,3-6,8-9H2,(H,21,22). The van der Waals surface area contributed by atoms with E-state index in [1.54, 1.807) is 11.0 Å². The van der Waals surface area contributed by atoms with Crippen molar-refractivity contribution in [3.8, 4) is 27.7 Å². The summed E-state index contributed by atoms with van der Waals surface area (Å²) < 4.78 is 22.1. The minimum Gasteiger partial charge on any atom is -0.479 e. The number of rotatable bonds is 5. The van der Waals surface area contributed by atoms with Crippen molar-refractivity contribution >= 4 is 39.1 Å². The molecule has 1 aromatic heterocycles. The summed E-state index contributed by atoms with van der Waals surface area (Å²) in [5, 5.41) is 8.99. The van der Waals surface area contributed by atoms with E-state index in [2.05, 4.69) is 15.9 Å². The molecule has 8 nitrogen and oxygen atoms in total. The third-order valence-electron chi connectivity index (χ3n) is 4.28. The summed E-state index contributed by atoms with van der Waals surface area (Å²) in [5.74, 6) is 0.181. The van der Waals surface area contributed by atoms with Gasteiger partial charge in [-0.3, -0.25) is 4.79 Å². The number of morpholine rings is 1. The van der Waals surface area contributed by atoms with Gasteiger partial charge in [-0.05, 0) is 39.7 Å². The minimum atomic E-state index is -1.12. The number of carboxylic acids is 1. The van der Waals surface area contributed by atoms with Crippen LogP contribution in [0.4, 0.5) is 0 Å². The lowest BCUT2D eigenvalue weighted by molar-refractivity contribution is -0.139. The Morgan fingerprint density at radius 3 is 2.71 bits per heavy atom. The zero-order chi connectivity index (χ0) is 19.7. The number of carbonyl (C=O) groups is 2. The van der Waals surface area contributed by atoms with Gasteiger partial charge < -0.3 is 29.0 Å². The number of ether oxygens (including phenoxy) is 4. The first kappa shape index (κ1) is 19.0. The molecule has 0 saturated carbocycles. The molecule has 1 N–H and O–H groups in total. The smallest absolute Gasteiger partial charge is 0.341 e. The number of thiophene rings is 1. The molecular weight excluding hydrogens is 454 g/mol. The first-order valence-electron chi connectivity index (χ1n) is 8.48. The van der Waals surface area contributed by atoms with Crippen molar-refractivity contribution in [2.75, 3.05) is 39.7 Å². The van der Waals surface area contributed by atoms with Crippen molar-refractivity contribution in [2.45, 2.75) is 0 Å². The molecule has 0 aliphatic carbocycles. The van der Waals surface area contributed by atoms with E-state index in [4.69, 9.17) is 24.1 Å². The molecule has 0 radical (unpaired) electrons. The SMILES string of the molecule is O=C(O)COc1c(C(=O)N2CCOCC2)sc(-c2ccc3c(c2)OCO3)c1Br. The van der Waals surface area contributed by atoms with Gasteiger partial charge in [0.15, 0.2) is 23.9 Å². The second-order valence-electron chi connectivity index (χ2n) is 6.06. The highest BCUT2D eigenvalue weighted by Gasteiger charge is 2.29. The topological polar surface area (TPSA) is 94.5 Å². The van der Waals surface area contributed by atoms with E-state index < -0.39 is 12.6 Å². The van der Waals surface area contributed by atoms with Crippen LogP contribution in [-0.2, 0) is 9.53 Å². The fraction of sp³-hybridized carbons (Fsp3) is 0.333. The number of benzene rings is 1. The van der Waals surface area contributed by atoms with Crippen LogP contribution in [0.5, 0.6) is 17.2 Å². The van der Waals surface area contributed by atoms with Crippen LogP contribution in [0.2, 0.25) is 0 Å². The van der Waals surface area contributed by atoms with E-state index in [9.17, 15) is 9.59 Å². The van der Waals surface area contributed by atoms with Gasteiger partial charge in [0.05, 0.1) is 22.6 Å². The Labute approximate surface area is 172 Å². The van der Waals surface area contributed by atoms with Crippen LogP contribution in [0.15, 0.2) is 22.7 Å². The van der Waals surface area contributed by atoms with Crippen LogP contribution in [0.25, 0.3) is 10.4 Å². The Bertz CT molecular complexity index is 923. The zero-order valence-electron chi connectivity index (χ0n) is 14.6. The molecule has 0 unspecified atom stereocenters. The van der Waals surface area contributed by atoms with Crippen molar-refractivity contribution in [1.29, 1.82) is 0 Å². The summed E-state index contributed by atoms with van der Waals surface area (Å²) in [4.78, 5) is 26.8. The maximum Gasteiger partial charge on any atom is 0.341 e. The lowest BCUT2D eigenvalue weighted by Gasteiger charge is -2.26. The van der Waals surface area contributed by atoms with Gasteiger partial charge in [0.1, 0.15) is 4.88 Å². The maximum absolute atomic E-state index is 13.0. The fourth-order valence-corrected chi connectivity index (χ4v) is 4.95. The Morgan fingerprint density at radius 2 is 1.96 bits per heavy atom. The quantitative estimate of drug-likeness (QED) is 0.718. The third-order valence-corrected chi connectivity index (χ3v) is 6.50. The molecular formula is C18H16BrNO7S. The van der Waals surface area contributed by atoms with E-state index in [0.717, 1.165) is 10.4 Å². The van der Waals surface area contributed by atoms with E-state index in [1.165, 1.54) is 11.3 Å². The summed E-state index contributed by atoms with van der Waals surface area (Å²) in [7, 11) is 0. The Kier molecular flexibility index (Phi) is 5.42. The van der Waals surface area contributed by atoms with Crippen LogP contribution in [-0.4, -0.2) is 61.6 Å². The van der Waals surface area contributed by atoms with E-state index in [1.807, 2.05) is 12.1 Å². The Morgan fingerprint density at radius 1 is 1.21 bits per heavy atom. The van der Waals surface area contributed by atoms with Gasteiger partial charge in [0.2, 0.25) is 6.79 Å². The summed E-state index contributed by atoms with van der Waals surface area (Å²) in [6.07, 6.45) is 0. The summed E-state index contributed by atoms with van der Waals surface area (Å²) in [6, 6.07) is 5.47. The van der Waals surface area contributed by atoms with Gasteiger partial charge in [-0.1, -0.05) is 0 Å². The summed E-state index contributed by atoms with van der Waals surface area (Å²) in [6.45, 7) is 1.52. The highest BCUT2D eigenvalue weighted by atomic mass is 79.9. The zero-order valence-corrected chi connectivity index (χ0v) is 17.0. The number of hydrogen-bond donors (Lipinski definition) is 1. The van der Waals surface area contributed by atoms with E-state index >= 15 is 0 Å². The lowest BCUT2D eigenvalue weighted by Crippen LogP contribution is -2.40. The number of amides is 1. The summed E-state index contributed by atoms with van der Waals surface area (Å²) >= 11 is 4.73. The lowest BCUT2D eigenvalue weighted by atomic mass is 10.1. The molecule has 2 aliphatic rings. The van der Waals surface area contributed by atoms with Gasteiger partial charge in [0, 0.05) is 13.1 Å². The molecule has 10 heteroatoms. The molecule has 2 aromatic rings. The first-order chi connectivity index (χ1) is 13.5. The average Bonchev–Trinajstić information content (AvgIpc) is 3.30. The maximum atomic E-state index is 13.0. The van der Waals surface area contributed by atoms with Crippen molar-refractivity contribution in [2.24, 2.45) is 0 Å². The molecule has 28 heavy (non-hydrogen) atoms. The molecule has 2 aliphatic heterocycles. The molecule has 0 atom stereocenters. The number of hydrogen-bond acceptors (Lipinski definition) is 7. The van der Waals surface area contributed by atoms with Crippen molar-refractivity contribution in [1.82, 2.24) is 4.90 Å². The number of nitrogens with zero attached hydrogens (tertiary/aromatic N) is 1. The molecule has 1 saturated heterocycles. The van der Waals surface area contributed by atoms with Crippen LogP contribution in [0.3, 0.4) is 0 Å². The normalized spacial score (nSPS) is 15.5. The molecule has 1 amide bonds. The first-order valence-corrected chi connectivity index (χ1v) is 10.1. The number of fused-ring (bicyclic) bond motifs is 1. The van der Waals surface area contributed by atoms with Crippen molar-refractivity contribution < 1.29 is 33.6 Å². The molecule has 3 heterocycles. The van der Waals surface area contributed by atoms with E-state index in [0.29, 0.717) is 47.2 Å². The van der Waals surface area contributed by atoms with Crippen molar-refractivity contribution in [3.05, 3.63) is 27.5 Å². The molecule has 1 aromatic carbocycles. The van der Waals surface area contributed by atoms with Crippen LogP contribution in [0, 0.1) is 0 Å². The average molecular weight is 470 g/mol. The molecule has 0 spiro atoms. The molecule has 1 fully saturated rings. The van der Waals surface area contributed by atoms with Gasteiger partial charge in [-0.25, -0.2) is 4.79 Å². The summed E-state index contributed by atoms with van der Waals surface area (Å²) in [5.41, 5.74) is 0.808. The van der Waals surface area contributed by atoms with Gasteiger partial charge in [-0.15, -0.1) is 11.3 Å². The number of carbonyl (C=O) groups excluding carboxylic acids is 1. The van der Waals surface area contributed by atoms with Gasteiger partial charge >= 0.3 is 5.97 Å². The second kappa shape index (κ2) is 7.98. The second-order valence-corrected chi connectivity index (χ2v) is 7.87. The predicted octanol–water partition coefficient (Wildman–Crippen LogP) is 2.84. The monoisotopic (exact) mass is 469 g/mol. The van der Waals surface area contributed by atoms with Crippen LogP contribution < -0.4 is 14.2 Å². The van der Waals surface area contributed by atoms with E-state index in [-0.39, 0.29) is 18.4 Å². The molecule has 148 valence electrons. The van der Waals surface area contributed by atoms with Crippen LogP contribution >= 0.6 is 27.3 Å². The Balaban J connectivity index is 1.72. The predicted molar refractivity (Wildman–Crippen MR) is 103 cm³/mol. The molecule has 0 bridgehead atoms. The number of carboxylic acid groups (broad SMARTS) is 1. The highest BCUT2D eigenvalue weighted by Crippen LogP contribution is 2.48. The Hall–Kier alpha value is -2.30. The van der Waals surface area contributed by atoms with Gasteiger partial charge in [-0.2, -0.15) is 0 Å². The largest absolute Gasteiger partial charge is 0.479 e. The molecule has 4 rings (SSSR count). The minimum absolute atomic E-state index is 0.165. The third kappa shape index (κ3) is 3.67. The van der Waals surface area contributed by atoms with Crippen LogP contribution in [0.1, 0.15) is 9.67 Å².